The Kier molecular flexibility index (Phi) is 2.19. The molecular formula is C8H14N2O2. The summed E-state index contributed by atoms with van der Waals surface area (Å²) in [5, 5.41) is 0. The van der Waals surface area contributed by atoms with E-state index < -0.39 is 11.4 Å². The van der Waals surface area contributed by atoms with E-state index in [1.165, 1.54) is 6.92 Å². The van der Waals surface area contributed by atoms with Crippen molar-refractivity contribution in [1.82, 2.24) is 0 Å². The van der Waals surface area contributed by atoms with Crippen molar-refractivity contribution in [2.45, 2.75) is 31.7 Å². The van der Waals surface area contributed by atoms with E-state index in [0.717, 1.165) is 19.3 Å². The molecule has 0 heterocycles. The number of rotatable bonds is 3. The summed E-state index contributed by atoms with van der Waals surface area (Å²) in [4.78, 5) is 22.1. The summed E-state index contributed by atoms with van der Waals surface area (Å²) in [5.41, 5.74) is 9.36. The summed E-state index contributed by atoms with van der Waals surface area (Å²) in [6, 6.07) is 0. The lowest BCUT2D eigenvalue weighted by Crippen LogP contribution is -2.63. The van der Waals surface area contributed by atoms with Crippen LogP contribution in [0.15, 0.2) is 0 Å². The van der Waals surface area contributed by atoms with E-state index in [-0.39, 0.29) is 11.7 Å². The number of amides is 1. The first-order valence-corrected chi connectivity index (χ1v) is 4.09. The van der Waals surface area contributed by atoms with Crippen molar-refractivity contribution < 1.29 is 9.59 Å². The molecule has 1 amide bonds. The number of carbonyl (C=O) groups excluding carboxylic acids is 2. The van der Waals surface area contributed by atoms with Gasteiger partial charge in [0.05, 0.1) is 0 Å². The number of nitrogens with two attached hydrogens (primary N) is 2. The van der Waals surface area contributed by atoms with Crippen LogP contribution in [0.5, 0.6) is 0 Å². The molecule has 1 unspecified atom stereocenters. The average molecular weight is 170 g/mol. The van der Waals surface area contributed by atoms with Crippen molar-refractivity contribution in [3.63, 3.8) is 0 Å². The minimum Gasteiger partial charge on any atom is -0.368 e. The van der Waals surface area contributed by atoms with Crippen LogP contribution in [-0.2, 0) is 9.59 Å². The van der Waals surface area contributed by atoms with E-state index in [9.17, 15) is 9.59 Å². The molecule has 12 heavy (non-hydrogen) atoms. The van der Waals surface area contributed by atoms with E-state index in [2.05, 4.69) is 0 Å². The van der Waals surface area contributed by atoms with Crippen LogP contribution in [0, 0.1) is 5.92 Å². The van der Waals surface area contributed by atoms with Gasteiger partial charge in [0.1, 0.15) is 0 Å². The van der Waals surface area contributed by atoms with E-state index in [1.807, 2.05) is 0 Å². The van der Waals surface area contributed by atoms with Crippen LogP contribution in [-0.4, -0.2) is 17.2 Å². The maximum atomic E-state index is 11.1. The lowest BCUT2D eigenvalue weighted by molar-refractivity contribution is -0.137. The maximum Gasteiger partial charge on any atom is 0.245 e. The maximum absolute atomic E-state index is 11.1. The van der Waals surface area contributed by atoms with Crippen molar-refractivity contribution in [3.05, 3.63) is 0 Å². The van der Waals surface area contributed by atoms with Gasteiger partial charge in [-0.05, 0) is 25.7 Å². The number of carbonyl (C=O) groups is 2. The van der Waals surface area contributed by atoms with Gasteiger partial charge in [-0.1, -0.05) is 6.42 Å². The fraction of sp³-hybridized carbons (Fsp3) is 0.750. The minimum absolute atomic E-state index is 0.0347. The molecule has 0 saturated heterocycles. The molecule has 0 aromatic rings. The first-order chi connectivity index (χ1) is 5.49. The third kappa shape index (κ3) is 1.12. The van der Waals surface area contributed by atoms with Crippen molar-refractivity contribution in [3.8, 4) is 0 Å². The topological polar surface area (TPSA) is 86.2 Å². The molecule has 1 atom stereocenters. The molecule has 1 rings (SSSR count). The first-order valence-electron chi connectivity index (χ1n) is 4.09. The van der Waals surface area contributed by atoms with Crippen LogP contribution < -0.4 is 11.5 Å². The van der Waals surface area contributed by atoms with Gasteiger partial charge in [-0.2, -0.15) is 0 Å². The highest BCUT2D eigenvalue weighted by molar-refractivity contribution is 6.09. The van der Waals surface area contributed by atoms with Gasteiger partial charge in [-0.15, -0.1) is 0 Å². The van der Waals surface area contributed by atoms with Gasteiger partial charge in [0.2, 0.25) is 5.91 Å². The Morgan fingerprint density at radius 2 is 1.92 bits per heavy atom. The Hall–Kier alpha value is -0.900. The SMILES string of the molecule is CC(=O)C(N)(C(N)=O)C1CCC1. The summed E-state index contributed by atoms with van der Waals surface area (Å²) >= 11 is 0. The summed E-state index contributed by atoms with van der Waals surface area (Å²) in [5.74, 6) is -1.05. The summed E-state index contributed by atoms with van der Waals surface area (Å²) < 4.78 is 0. The third-order valence-corrected chi connectivity index (χ3v) is 2.74. The summed E-state index contributed by atoms with van der Waals surface area (Å²) in [6.07, 6.45) is 2.70. The zero-order valence-electron chi connectivity index (χ0n) is 7.17. The van der Waals surface area contributed by atoms with Crippen LogP contribution in [0.2, 0.25) is 0 Å². The Balaban J connectivity index is 2.84. The highest BCUT2D eigenvalue weighted by Crippen LogP contribution is 2.35. The predicted octanol–water partition coefficient (Wildman–Crippen LogP) is -0.442. The van der Waals surface area contributed by atoms with Crippen LogP contribution >= 0.6 is 0 Å². The molecular weight excluding hydrogens is 156 g/mol. The second kappa shape index (κ2) is 2.86. The van der Waals surface area contributed by atoms with Crippen molar-refractivity contribution in [1.29, 1.82) is 0 Å². The van der Waals surface area contributed by atoms with Crippen molar-refractivity contribution >= 4 is 11.7 Å². The molecule has 0 spiro atoms. The highest BCUT2D eigenvalue weighted by Gasteiger charge is 2.47. The van der Waals surface area contributed by atoms with E-state index in [0.29, 0.717) is 0 Å². The standard InChI is InChI=1S/C8H14N2O2/c1-5(11)8(10,7(9)12)6-3-2-4-6/h6H,2-4,10H2,1H3,(H2,9,12). The number of hydrogen-bond acceptors (Lipinski definition) is 3. The zero-order chi connectivity index (χ0) is 9.35. The monoisotopic (exact) mass is 170 g/mol. The number of Topliss-reactive ketones (excluding diaryl/α,β-unsaturated/α-hetero) is 1. The van der Waals surface area contributed by atoms with Crippen LogP contribution in [0.25, 0.3) is 0 Å². The molecule has 68 valence electrons. The Morgan fingerprint density at radius 1 is 1.42 bits per heavy atom. The van der Waals surface area contributed by atoms with Gasteiger partial charge in [0.15, 0.2) is 11.3 Å². The van der Waals surface area contributed by atoms with Crippen LogP contribution in [0.1, 0.15) is 26.2 Å². The molecule has 4 nitrogen and oxygen atoms in total. The normalized spacial score (nSPS) is 22.5. The van der Waals surface area contributed by atoms with Crippen LogP contribution in [0.4, 0.5) is 0 Å². The molecule has 0 aromatic heterocycles. The van der Waals surface area contributed by atoms with Gasteiger partial charge in [-0.25, -0.2) is 0 Å². The molecule has 4 N–H and O–H groups in total. The summed E-state index contributed by atoms with van der Waals surface area (Å²) in [7, 11) is 0. The van der Waals surface area contributed by atoms with Crippen molar-refractivity contribution in [2.24, 2.45) is 17.4 Å². The largest absolute Gasteiger partial charge is 0.368 e. The Bertz CT molecular complexity index is 207. The highest BCUT2D eigenvalue weighted by atomic mass is 16.2. The number of primary amides is 1. The fourth-order valence-electron chi connectivity index (χ4n) is 1.53. The Morgan fingerprint density at radius 3 is 2.00 bits per heavy atom. The first kappa shape index (κ1) is 9.19. The predicted molar refractivity (Wildman–Crippen MR) is 44.1 cm³/mol. The molecule has 4 heteroatoms. The van der Waals surface area contributed by atoms with E-state index in [4.69, 9.17) is 11.5 Å². The van der Waals surface area contributed by atoms with Gasteiger partial charge < -0.3 is 11.5 Å². The van der Waals surface area contributed by atoms with Gasteiger partial charge in [-0.3, -0.25) is 9.59 Å². The zero-order valence-corrected chi connectivity index (χ0v) is 7.17. The minimum atomic E-state index is -1.40. The molecule has 1 aliphatic rings. The quantitative estimate of drug-likeness (QED) is 0.563. The number of hydrogen-bond donors (Lipinski definition) is 2. The second-order valence-electron chi connectivity index (χ2n) is 3.42. The number of ketones is 1. The van der Waals surface area contributed by atoms with E-state index >= 15 is 0 Å². The van der Waals surface area contributed by atoms with Gasteiger partial charge >= 0.3 is 0 Å². The lowest BCUT2D eigenvalue weighted by Gasteiger charge is -2.38. The lowest BCUT2D eigenvalue weighted by atomic mass is 9.69. The smallest absolute Gasteiger partial charge is 0.245 e. The Labute approximate surface area is 71.3 Å². The molecule has 1 aliphatic carbocycles. The molecule has 0 aliphatic heterocycles. The van der Waals surface area contributed by atoms with Crippen molar-refractivity contribution in [2.75, 3.05) is 0 Å². The molecule has 1 fully saturated rings. The molecule has 0 aromatic carbocycles. The molecule has 1 saturated carbocycles. The average Bonchev–Trinajstić information content (AvgIpc) is 1.82. The second-order valence-corrected chi connectivity index (χ2v) is 3.42. The van der Waals surface area contributed by atoms with E-state index in [1.54, 1.807) is 0 Å². The fourth-order valence-corrected chi connectivity index (χ4v) is 1.53. The van der Waals surface area contributed by atoms with Gasteiger partial charge in [0, 0.05) is 0 Å². The third-order valence-electron chi connectivity index (χ3n) is 2.74. The van der Waals surface area contributed by atoms with Crippen LogP contribution in [0.3, 0.4) is 0 Å². The summed E-state index contributed by atoms with van der Waals surface area (Å²) in [6.45, 7) is 1.32. The van der Waals surface area contributed by atoms with Gasteiger partial charge in [0.25, 0.3) is 0 Å². The molecule has 0 bridgehead atoms. The molecule has 0 radical (unpaired) electrons.